The van der Waals surface area contributed by atoms with E-state index < -0.39 is 0 Å². The Morgan fingerprint density at radius 3 is 2.56 bits per heavy atom. The fourth-order valence-corrected chi connectivity index (χ4v) is 1.94. The number of anilines is 4. The number of nitrogens with zero attached hydrogens (tertiary/aromatic N) is 1. The van der Waals surface area contributed by atoms with Crippen LogP contribution in [-0.2, 0) is 0 Å². The first kappa shape index (κ1) is 12.2. The summed E-state index contributed by atoms with van der Waals surface area (Å²) in [5.74, 6) is 0.0468. The van der Waals surface area contributed by atoms with Gasteiger partial charge in [0.05, 0.1) is 5.56 Å². The summed E-state index contributed by atoms with van der Waals surface area (Å²) < 4.78 is 3.96. The molecule has 0 aliphatic rings. The van der Waals surface area contributed by atoms with Crippen LogP contribution in [-0.4, -0.2) is 10.3 Å². The summed E-state index contributed by atoms with van der Waals surface area (Å²) in [5.41, 5.74) is 19.1. The van der Waals surface area contributed by atoms with E-state index in [-0.39, 0.29) is 5.91 Å². The maximum atomic E-state index is 12.0. The summed E-state index contributed by atoms with van der Waals surface area (Å²) in [6.07, 6.45) is 0. The second-order valence-corrected chi connectivity index (χ2v) is 4.70. The minimum absolute atomic E-state index is 0.324. The van der Waals surface area contributed by atoms with Gasteiger partial charge in [-0.15, -0.1) is 0 Å². The van der Waals surface area contributed by atoms with Gasteiger partial charge in [-0.3, -0.25) is 4.79 Å². The number of rotatable bonds is 2. The van der Waals surface area contributed by atoms with E-state index in [0.717, 1.165) is 17.1 Å². The molecule has 0 atom stereocenters. The van der Waals surface area contributed by atoms with Gasteiger partial charge < -0.3 is 22.5 Å². The quantitative estimate of drug-likeness (QED) is 0.611. The van der Waals surface area contributed by atoms with Gasteiger partial charge in [0, 0.05) is 17.4 Å². The molecule has 1 amide bonds. The summed E-state index contributed by atoms with van der Waals surface area (Å²) >= 11 is 1.11. The Balaban J connectivity index is 2.26. The van der Waals surface area contributed by atoms with E-state index >= 15 is 0 Å². The lowest BCUT2D eigenvalue weighted by atomic mass is 10.1. The van der Waals surface area contributed by atoms with Crippen molar-refractivity contribution >= 4 is 39.6 Å². The van der Waals surface area contributed by atoms with Crippen LogP contribution < -0.4 is 22.5 Å². The summed E-state index contributed by atoms with van der Waals surface area (Å²) in [4.78, 5) is 12.0. The molecule has 0 radical (unpaired) electrons. The summed E-state index contributed by atoms with van der Waals surface area (Å²) in [6, 6.07) is 4.80. The normalized spacial score (nSPS) is 10.3. The SMILES string of the molecule is Cc1cc(N)c(C(=O)Nc2cc(N)sn2)cc1N. The van der Waals surface area contributed by atoms with Crippen molar-refractivity contribution in [2.75, 3.05) is 22.5 Å². The number of carbonyl (C=O) groups is 1. The lowest BCUT2D eigenvalue weighted by Crippen LogP contribution is -2.15. The Morgan fingerprint density at radius 1 is 1.22 bits per heavy atom. The van der Waals surface area contributed by atoms with Crippen LogP contribution in [0.2, 0.25) is 0 Å². The molecule has 1 aromatic heterocycles. The van der Waals surface area contributed by atoms with Gasteiger partial charge in [-0.2, -0.15) is 4.37 Å². The van der Waals surface area contributed by atoms with E-state index in [1.807, 2.05) is 6.92 Å². The van der Waals surface area contributed by atoms with Gasteiger partial charge in [0.1, 0.15) is 10.8 Å². The number of nitrogens with one attached hydrogen (secondary N) is 1. The van der Waals surface area contributed by atoms with Crippen molar-refractivity contribution in [2.45, 2.75) is 6.92 Å². The van der Waals surface area contributed by atoms with E-state index in [9.17, 15) is 4.79 Å². The number of benzene rings is 1. The molecule has 0 saturated carbocycles. The molecule has 0 bridgehead atoms. The van der Waals surface area contributed by atoms with Crippen molar-refractivity contribution in [3.05, 3.63) is 29.3 Å². The number of nitrogens with two attached hydrogens (primary N) is 3. The number of hydrogen-bond donors (Lipinski definition) is 4. The maximum Gasteiger partial charge on any atom is 0.259 e. The van der Waals surface area contributed by atoms with Crippen molar-refractivity contribution < 1.29 is 4.79 Å². The molecule has 2 rings (SSSR count). The Kier molecular flexibility index (Phi) is 3.07. The van der Waals surface area contributed by atoms with Gasteiger partial charge in [0.25, 0.3) is 5.91 Å². The van der Waals surface area contributed by atoms with Crippen LogP contribution in [0.5, 0.6) is 0 Å². The van der Waals surface area contributed by atoms with Crippen molar-refractivity contribution in [3.8, 4) is 0 Å². The van der Waals surface area contributed by atoms with Crippen molar-refractivity contribution in [1.29, 1.82) is 0 Å². The number of carbonyl (C=O) groups excluding carboxylic acids is 1. The Bertz CT molecular complexity index is 607. The third-order valence-corrected chi connectivity index (χ3v) is 3.07. The number of hydrogen-bond acceptors (Lipinski definition) is 6. The first-order valence-corrected chi connectivity index (χ1v) is 5.94. The van der Waals surface area contributed by atoms with Gasteiger partial charge >= 0.3 is 0 Å². The van der Waals surface area contributed by atoms with Gasteiger partial charge in [0.15, 0.2) is 0 Å². The molecule has 0 fully saturated rings. The van der Waals surface area contributed by atoms with Crippen LogP contribution in [0.4, 0.5) is 22.2 Å². The van der Waals surface area contributed by atoms with Gasteiger partial charge in [-0.25, -0.2) is 0 Å². The van der Waals surface area contributed by atoms with Crippen molar-refractivity contribution in [1.82, 2.24) is 4.37 Å². The van der Waals surface area contributed by atoms with Gasteiger partial charge in [-0.05, 0) is 36.2 Å². The highest BCUT2D eigenvalue weighted by Crippen LogP contribution is 2.22. The molecule has 94 valence electrons. The molecule has 0 saturated heterocycles. The molecule has 1 aromatic carbocycles. The smallest absolute Gasteiger partial charge is 0.259 e. The molecule has 0 spiro atoms. The largest absolute Gasteiger partial charge is 0.398 e. The lowest BCUT2D eigenvalue weighted by Gasteiger charge is -2.08. The molecule has 1 heterocycles. The predicted octanol–water partition coefficient (Wildman–Crippen LogP) is 1.45. The molecule has 0 aliphatic heterocycles. The van der Waals surface area contributed by atoms with E-state index in [2.05, 4.69) is 9.69 Å². The van der Waals surface area contributed by atoms with E-state index in [0.29, 0.717) is 27.8 Å². The Hall–Kier alpha value is -2.28. The highest BCUT2D eigenvalue weighted by atomic mass is 32.1. The van der Waals surface area contributed by atoms with Crippen LogP contribution in [0.1, 0.15) is 15.9 Å². The highest BCUT2D eigenvalue weighted by molar-refractivity contribution is 7.10. The van der Waals surface area contributed by atoms with Crippen LogP contribution in [0, 0.1) is 6.92 Å². The second kappa shape index (κ2) is 4.53. The third-order valence-electron chi connectivity index (χ3n) is 2.45. The predicted molar refractivity (Wildman–Crippen MR) is 74.5 cm³/mol. The highest BCUT2D eigenvalue weighted by Gasteiger charge is 2.13. The molecular formula is C11H13N5OS. The molecule has 2 aromatic rings. The van der Waals surface area contributed by atoms with Crippen LogP contribution in [0.25, 0.3) is 0 Å². The molecule has 7 N–H and O–H groups in total. The monoisotopic (exact) mass is 263 g/mol. The minimum atomic E-state index is -0.357. The van der Waals surface area contributed by atoms with E-state index in [1.165, 1.54) is 0 Å². The van der Waals surface area contributed by atoms with Crippen LogP contribution >= 0.6 is 11.5 Å². The van der Waals surface area contributed by atoms with Crippen LogP contribution in [0.3, 0.4) is 0 Å². The molecule has 6 nitrogen and oxygen atoms in total. The summed E-state index contributed by atoms with van der Waals surface area (Å²) in [5, 5.41) is 3.14. The second-order valence-electron chi connectivity index (χ2n) is 3.86. The first-order valence-electron chi connectivity index (χ1n) is 5.16. The molecule has 0 unspecified atom stereocenters. The van der Waals surface area contributed by atoms with Crippen molar-refractivity contribution in [2.24, 2.45) is 0 Å². The lowest BCUT2D eigenvalue weighted by molar-refractivity contribution is 0.102. The molecule has 0 aliphatic carbocycles. The van der Waals surface area contributed by atoms with Gasteiger partial charge in [-0.1, -0.05) is 0 Å². The zero-order valence-corrected chi connectivity index (χ0v) is 10.5. The fraction of sp³-hybridized carbons (Fsp3) is 0.0909. The summed E-state index contributed by atoms with van der Waals surface area (Å²) in [6.45, 7) is 1.83. The topological polar surface area (TPSA) is 120 Å². The number of aromatic nitrogens is 1. The Labute approximate surface area is 108 Å². The van der Waals surface area contributed by atoms with Gasteiger partial charge in [0.2, 0.25) is 0 Å². The number of aryl methyl sites for hydroxylation is 1. The molecule has 7 heteroatoms. The van der Waals surface area contributed by atoms with Crippen molar-refractivity contribution in [3.63, 3.8) is 0 Å². The standard InChI is InChI=1S/C11H13N5OS/c1-5-2-8(13)6(3-7(5)12)11(17)15-10-4-9(14)18-16-10/h2-4H,12-14H2,1H3,(H,15,16,17). The molecule has 18 heavy (non-hydrogen) atoms. The average molecular weight is 263 g/mol. The zero-order valence-electron chi connectivity index (χ0n) is 9.73. The Morgan fingerprint density at radius 2 is 1.94 bits per heavy atom. The average Bonchev–Trinajstić information content (AvgIpc) is 2.69. The fourth-order valence-electron chi connectivity index (χ4n) is 1.48. The first-order chi connectivity index (χ1) is 8.47. The summed E-state index contributed by atoms with van der Waals surface area (Å²) in [7, 11) is 0. The number of amides is 1. The number of nitrogen functional groups attached to an aromatic ring is 3. The molecular weight excluding hydrogens is 250 g/mol. The van der Waals surface area contributed by atoms with Crippen LogP contribution in [0.15, 0.2) is 18.2 Å². The van der Waals surface area contributed by atoms with E-state index in [4.69, 9.17) is 17.2 Å². The maximum absolute atomic E-state index is 12.0. The van der Waals surface area contributed by atoms with E-state index in [1.54, 1.807) is 18.2 Å². The third kappa shape index (κ3) is 2.35. The minimum Gasteiger partial charge on any atom is -0.398 e. The zero-order chi connectivity index (χ0) is 13.3.